The normalized spacial score (nSPS) is 11.0. The van der Waals surface area contributed by atoms with Crippen LogP contribution in [0, 0.1) is 11.3 Å². The Morgan fingerprint density at radius 3 is 2.62 bits per heavy atom. The fraction of sp³-hybridized carbons (Fsp3) is 0.286. The predicted octanol–water partition coefficient (Wildman–Crippen LogP) is 0.960. The average molecular weight is 290 g/mol. The molecule has 0 bridgehead atoms. The lowest BCUT2D eigenvalue weighted by molar-refractivity contribution is -0.139. The van der Waals surface area contributed by atoms with Crippen LogP contribution in [0.1, 0.15) is 33.6 Å². The molecule has 110 valence electrons. The molecular weight excluding hydrogens is 276 g/mol. The minimum Gasteiger partial charge on any atom is -0.480 e. The molecule has 0 aliphatic rings. The van der Waals surface area contributed by atoms with Crippen LogP contribution >= 0.6 is 0 Å². The van der Waals surface area contributed by atoms with Crippen LogP contribution in [0.15, 0.2) is 24.3 Å². The molecule has 0 heterocycles. The molecule has 7 nitrogen and oxygen atoms in total. The second-order valence-electron chi connectivity index (χ2n) is 4.13. The first kappa shape index (κ1) is 16.2. The Labute approximate surface area is 121 Å². The van der Waals surface area contributed by atoms with Gasteiger partial charge in [0.05, 0.1) is 18.7 Å². The Bertz CT molecular complexity index is 591. The van der Waals surface area contributed by atoms with Crippen molar-refractivity contribution in [1.29, 1.82) is 5.26 Å². The molecule has 1 atom stereocenters. The molecule has 0 radical (unpaired) electrons. The summed E-state index contributed by atoms with van der Waals surface area (Å²) in [6.45, 7) is 0. The first-order valence-corrected chi connectivity index (χ1v) is 6.08. The molecule has 0 unspecified atom stereocenters. The number of carbonyl (C=O) groups excluding carboxylic acids is 2. The van der Waals surface area contributed by atoms with Gasteiger partial charge in [0.1, 0.15) is 6.04 Å². The fourth-order valence-corrected chi connectivity index (χ4v) is 1.61. The van der Waals surface area contributed by atoms with Gasteiger partial charge in [0.15, 0.2) is 0 Å². The molecule has 0 aliphatic heterocycles. The van der Waals surface area contributed by atoms with E-state index >= 15 is 0 Å². The highest BCUT2D eigenvalue weighted by Gasteiger charge is 2.20. The molecule has 0 fully saturated rings. The van der Waals surface area contributed by atoms with Crippen LogP contribution in [0.5, 0.6) is 0 Å². The smallest absolute Gasteiger partial charge is 0.337 e. The van der Waals surface area contributed by atoms with Crippen molar-refractivity contribution >= 4 is 17.8 Å². The van der Waals surface area contributed by atoms with E-state index in [0.29, 0.717) is 0 Å². The number of carboxylic acid groups (broad SMARTS) is 1. The molecular formula is C14H14N2O5. The van der Waals surface area contributed by atoms with Crippen molar-refractivity contribution in [1.82, 2.24) is 5.32 Å². The summed E-state index contributed by atoms with van der Waals surface area (Å²) in [6.07, 6.45) is 0.0215. The Balaban J connectivity index is 2.85. The average Bonchev–Trinajstić information content (AvgIpc) is 2.50. The van der Waals surface area contributed by atoms with Crippen molar-refractivity contribution in [3.8, 4) is 6.07 Å². The molecule has 0 spiro atoms. The van der Waals surface area contributed by atoms with Crippen molar-refractivity contribution < 1.29 is 24.2 Å². The molecule has 0 aliphatic carbocycles. The van der Waals surface area contributed by atoms with Gasteiger partial charge in [-0.3, -0.25) is 4.79 Å². The zero-order chi connectivity index (χ0) is 15.8. The van der Waals surface area contributed by atoms with Crippen LogP contribution in [0.3, 0.4) is 0 Å². The maximum absolute atomic E-state index is 12.0. The minimum atomic E-state index is -1.22. The molecule has 1 aromatic rings. The van der Waals surface area contributed by atoms with E-state index in [4.69, 9.17) is 10.4 Å². The number of methoxy groups -OCH3 is 1. The van der Waals surface area contributed by atoms with E-state index in [1.165, 1.54) is 31.4 Å². The molecule has 7 heteroatoms. The number of carbonyl (C=O) groups is 3. The maximum Gasteiger partial charge on any atom is 0.337 e. The van der Waals surface area contributed by atoms with E-state index in [1.807, 2.05) is 6.07 Å². The first-order valence-electron chi connectivity index (χ1n) is 6.08. The van der Waals surface area contributed by atoms with Gasteiger partial charge < -0.3 is 15.2 Å². The van der Waals surface area contributed by atoms with Crippen LogP contribution in [-0.2, 0) is 9.53 Å². The lowest BCUT2D eigenvalue weighted by Gasteiger charge is -2.13. The predicted molar refractivity (Wildman–Crippen MR) is 71.5 cm³/mol. The van der Waals surface area contributed by atoms with Gasteiger partial charge in [-0.1, -0.05) is 6.07 Å². The number of amides is 1. The van der Waals surface area contributed by atoms with E-state index in [-0.39, 0.29) is 24.0 Å². The third-order valence-corrected chi connectivity index (χ3v) is 2.69. The molecule has 0 saturated carbocycles. The summed E-state index contributed by atoms with van der Waals surface area (Å²) in [7, 11) is 1.22. The Morgan fingerprint density at radius 1 is 1.38 bits per heavy atom. The number of nitrogens with zero attached hydrogens (tertiary/aromatic N) is 1. The summed E-state index contributed by atoms with van der Waals surface area (Å²) in [6, 6.07) is 6.40. The number of hydrogen-bond acceptors (Lipinski definition) is 5. The van der Waals surface area contributed by atoms with E-state index in [2.05, 4.69) is 10.1 Å². The van der Waals surface area contributed by atoms with Crippen molar-refractivity contribution in [2.24, 2.45) is 0 Å². The minimum absolute atomic E-state index is 0.00820. The molecule has 0 aromatic heterocycles. The number of carboxylic acids is 1. The second-order valence-corrected chi connectivity index (χ2v) is 4.13. The van der Waals surface area contributed by atoms with Gasteiger partial charge in [-0.25, -0.2) is 9.59 Å². The Hall–Kier alpha value is -2.88. The van der Waals surface area contributed by atoms with Gasteiger partial charge in [0.25, 0.3) is 5.91 Å². The van der Waals surface area contributed by atoms with Crippen molar-refractivity contribution in [2.75, 3.05) is 7.11 Å². The summed E-state index contributed by atoms with van der Waals surface area (Å²) < 4.78 is 4.54. The monoisotopic (exact) mass is 290 g/mol. The van der Waals surface area contributed by atoms with Gasteiger partial charge in [0, 0.05) is 12.0 Å². The van der Waals surface area contributed by atoms with Crippen LogP contribution in [-0.4, -0.2) is 36.1 Å². The summed E-state index contributed by atoms with van der Waals surface area (Å²) >= 11 is 0. The highest BCUT2D eigenvalue weighted by Crippen LogP contribution is 2.08. The van der Waals surface area contributed by atoms with Crippen LogP contribution < -0.4 is 5.32 Å². The second kappa shape index (κ2) is 7.65. The third-order valence-electron chi connectivity index (χ3n) is 2.69. The largest absolute Gasteiger partial charge is 0.480 e. The van der Waals surface area contributed by atoms with Crippen molar-refractivity contribution in [3.63, 3.8) is 0 Å². The molecule has 2 N–H and O–H groups in total. The number of aliphatic carboxylic acids is 1. The van der Waals surface area contributed by atoms with Gasteiger partial charge in [-0.05, 0) is 24.6 Å². The highest BCUT2D eigenvalue weighted by molar-refractivity contribution is 5.99. The summed E-state index contributed by atoms with van der Waals surface area (Å²) in [5.41, 5.74) is 0.329. The Morgan fingerprint density at radius 2 is 2.05 bits per heavy atom. The number of nitriles is 1. The lowest BCUT2D eigenvalue weighted by atomic mass is 10.1. The fourth-order valence-electron chi connectivity index (χ4n) is 1.61. The molecule has 21 heavy (non-hydrogen) atoms. The highest BCUT2D eigenvalue weighted by atomic mass is 16.5. The number of esters is 1. The number of nitrogens with one attached hydrogen (secondary N) is 1. The van der Waals surface area contributed by atoms with Crippen molar-refractivity contribution in [3.05, 3.63) is 35.4 Å². The molecule has 1 amide bonds. The SMILES string of the molecule is COC(=O)c1cccc(C(=O)N[C@@H](CCC#N)C(=O)O)c1. The summed E-state index contributed by atoms with van der Waals surface area (Å²) in [4.78, 5) is 34.3. The van der Waals surface area contributed by atoms with E-state index in [0.717, 1.165) is 0 Å². The molecule has 1 aromatic carbocycles. The molecule has 0 saturated heterocycles. The van der Waals surface area contributed by atoms with Gasteiger partial charge in [-0.15, -0.1) is 0 Å². The number of hydrogen-bond donors (Lipinski definition) is 2. The van der Waals surface area contributed by atoms with E-state index in [1.54, 1.807) is 0 Å². The third kappa shape index (κ3) is 4.62. The van der Waals surface area contributed by atoms with Crippen LogP contribution in [0.2, 0.25) is 0 Å². The van der Waals surface area contributed by atoms with Gasteiger partial charge >= 0.3 is 11.9 Å². The van der Waals surface area contributed by atoms with E-state index < -0.39 is 23.9 Å². The maximum atomic E-state index is 12.0. The Kier molecular flexibility index (Phi) is 5.89. The topological polar surface area (TPSA) is 116 Å². The number of rotatable bonds is 6. The van der Waals surface area contributed by atoms with Gasteiger partial charge in [-0.2, -0.15) is 5.26 Å². The first-order chi connectivity index (χ1) is 9.99. The lowest BCUT2D eigenvalue weighted by Crippen LogP contribution is -2.40. The van der Waals surface area contributed by atoms with Crippen LogP contribution in [0.25, 0.3) is 0 Å². The van der Waals surface area contributed by atoms with Crippen molar-refractivity contribution in [2.45, 2.75) is 18.9 Å². The van der Waals surface area contributed by atoms with Gasteiger partial charge in [0.2, 0.25) is 0 Å². The zero-order valence-electron chi connectivity index (χ0n) is 11.3. The summed E-state index contributed by atoms with van der Waals surface area (Å²) in [5.74, 6) is -2.45. The zero-order valence-corrected chi connectivity index (χ0v) is 11.3. The number of ether oxygens (including phenoxy) is 1. The van der Waals surface area contributed by atoms with Crippen LogP contribution in [0.4, 0.5) is 0 Å². The number of benzene rings is 1. The summed E-state index contributed by atoms with van der Waals surface area (Å²) in [5, 5.41) is 19.8. The standard InChI is InChI=1S/C14H14N2O5/c1-21-14(20)10-5-2-4-9(8-10)12(17)16-11(13(18)19)6-3-7-15/h2,4-5,8,11H,3,6H2,1H3,(H,16,17)(H,18,19)/t11-/m0/s1. The van der Waals surface area contributed by atoms with E-state index in [9.17, 15) is 14.4 Å². The molecule has 1 rings (SSSR count). The quantitative estimate of drug-likeness (QED) is 0.754.